The monoisotopic (exact) mass is 315 g/mol. The van der Waals surface area contributed by atoms with Crippen molar-refractivity contribution in [2.24, 2.45) is 7.05 Å². The number of nitrogens with zero attached hydrogens (tertiary/aromatic N) is 3. The van der Waals surface area contributed by atoms with Gasteiger partial charge in [-0.1, -0.05) is 0 Å². The molecule has 0 spiro atoms. The highest BCUT2D eigenvalue weighted by molar-refractivity contribution is 7.89. The fraction of sp³-hybridized carbons (Fsp3) is 0.500. The smallest absolute Gasteiger partial charge is 0.352 e. The van der Waals surface area contributed by atoms with Gasteiger partial charge in [0.25, 0.3) is 0 Å². The Kier molecular flexibility index (Phi) is 4.06. The first-order valence-electron chi connectivity index (χ1n) is 6.39. The van der Waals surface area contributed by atoms with E-state index in [9.17, 15) is 18.0 Å². The lowest BCUT2D eigenvalue weighted by molar-refractivity contribution is -0.129. The lowest BCUT2D eigenvalue weighted by Gasteiger charge is -2.33. The van der Waals surface area contributed by atoms with Crippen LogP contribution in [-0.4, -0.2) is 65.4 Å². The number of aromatic nitrogens is 1. The molecule has 1 amide bonds. The summed E-state index contributed by atoms with van der Waals surface area (Å²) in [5.74, 6) is -1.26. The lowest BCUT2D eigenvalue weighted by atomic mass is 10.3. The normalized spacial score (nSPS) is 17.0. The van der Waals surface area contributed by atoms with Gasteiger partial charge in [-0.15, -0.1) is 0 Å². The number of sulfonamides is 1. The van der Waals surface area contributed by atoms with Crippen LogP contribution in [0.2, 0.25) is 0 Å². The van der Waals surface area contributed by atoms with Crippen molar-refractivity contribution >= 4 is 21.9 Å². The Hall–Kier alpha value is -1.87. The second kappa shape index (κ2) is 5.49. The molecule has 8 nitrogen and oxygen atoms in total. The van der Waals surface area contributed by atoms with Crippen LogP contribution in [0.4, 0.5) is 0 Å². The van der Waals surface area contributed by atoms with E-state index in [1.807, 2.05) is 0 Å². The molecule has 1 aliphatic heterocycles. The first-order chi connectivity index (χ1) is 9.73. The molecule has 116 valence electrons. The van der Waals surface area contributed by atoms with Gasteiger partial charge >= 0.3 is 5.97 Å². The lowest BCUT2D eigenvalue weighted by Crippen LogP contribution is -2.49. The van der Waals surface area contributed by atoms with Gasteiger partial charge in [0.1, 0.15) is 10.6 Å². The molecule has 0 radical (unpaired) electrons. The first-order valence-corrected chi connectivity index (χ1v) is 7.83. The molecule has 0 saturated carbocycles. The Morgan fingerprint density at radius 1 is 1.19 bits per heavy atom. The highest BCUT2D eigenvalue weighted by atomic mass is 32.2. The predicted molar refractivity (Wildman–Crippen MR) is 73.4 cm³/mol. The minimum Gasteiger partial charge on any atom is -0.477 e. The Morgan fingerprint density at radius 3 is 2.19 bits per heavy atom. The third kappa shape index (κ3) is 2.93. The van der Waals surface area contributed by atoms with Crippen molar-refractivity contribution in [2.45, 2.75) is 11.8 Å². The van der Waals surface area contributed by atoms with E-state index < -0.39 is 16.0 Å². The van der Waals surface area contributed by atoms with Gasteiger partial charge in [-0.25, -0.2) is 13.2 Å². The fourth-order valence-electron chi connectivity index (χ4n) is 2.28. The minimum absolute atomic E-state index is 0.0429. The summed E-state index contributed by atoms with van der Waals surface area (Å²) in [6.07, 6.45) is 1.29. The summed E-state index contributed by atoms with van der Waals surface area (Å²) in [6.45, 7) is 2.54. The van der Waals surface area contributed by atoms with Crippen molar-refractivity contribution in [3.63, 3.8) is 0 Å². The van der Waals surface area contributed by atoms with E-state index in [-0.39, 0.29) is 29.6 Å². The van der Waals surface area contributed by atoms with Gasteiger partial charge in [-0.05, 0) is 6.07 Å². The molecule has 2 heterocycles. The number of amides is 1. The van der Waals surface area contributed by atoms with Crippen molar-refractivity contribution in [1.29, 1.82) is 0 Å². The van der Waals surface area contributed by atoms with Crippen LogP contribution in [0.25, 0.3) is 0 Å². The SMILES string of the molecule is CC(=O)N1CCN(S(=O)(=O)c2cc(C(=O)O)n(C)c2)CC1. The number of carbonyl (C=O) groups is 2. The Morgan fingerprint density at radius 2 is 1.76 bits per heavy atom. The minimum atomic E-state index is -3.74. The number of aryl methyl sites for hydroxylation is 1. The summed E-state index contributed by atoms with van der Waals surface area (Å²) in [5.41, 5.74) is -0.0871. The number of rotatable bonds is 3. The average Bonchev–Trinajstić information content (AvgIpc) is 2.82. The van der Waals surface area contributed by atoms with Crippen LogP contribution >= 0.6 is 0 Å². The first kappa shape index (κ1) is 15.5. The van der Waals surface area contributed by atoms with Gasteiger partial charge in [0.2, 0.25) is 15.9 Å². The van der Waals surface area contributed by atoms with E-state index in [2.05, 4.69) is 0 Å². The molecule has 9 heteroatoms. The zero-order chi connectivity index (χ0) is 15.8. The quantitative estimate of drug-likeness (QED) is 0.816. The number of hydrogen-bond donors (Lipinski definition) is 1. The van der Waals surface area contributed by atoms with E-state index in [0.717, 1.165) is 6.07 Å². The third-order valence-corrected chi connectivity index (χ3v) is 5.38. The number of carboxylic acids is 1. The molecule has 0 bridgehead atoms. The molecule has 1 aromatic heterocycles. The number of carboxylic acid groups (broad SMARTS) is 1. The van der Waals surface area contributed by atoms with Crippen LogP contribution in [0.3, 0.4) is 0 Å². The Labute approximate surface area is 122 Å². The highest BCUT2D eigenvalue weighted by Gasteiger charge is 2.30. The van der Waals surface area contributed by atoms with Gasteiger partial charge in [0.15, 0.2) is 0 Å². The molecule has 1 saturated heterocycles. The summed E-state index contributed by atoms with van der Waals surface area (Å²) >= 11 is 0. The third-order valence-electron chi connectivity index (χ3n) is 3.52. The molecule has 0 aliphatic carbocycles. The summed E-state index contributed by atoms with van der Waals surface area (Å²) in [6, 6.07) is 1.15. The second-order valence-electron chi connectivity index (χ2n) is 4.89. The molecular formula is C12H17N3O5S. The van der Waals surface area contributed by atoms with Crippen molar-refractivity contribution < 1.29 is 23.1 Å². The van der Waals surface area contributed by atoms with Crippen molar-refractivity contribution in [2.75, 3.05) is 26.2 Å². The largest absolute Gasteiger partial charge is 0.477 e. The molecule has 0 aromatic carbocycles. The maximum absolute atomic E-state index is 12.5. The van der Waals surface area contributed by atoms with Gasteiger partial charge in [0, 0.05) is 46.3 Å². The Balaban J connectivity index is 2.21. The van der Waals surface area contributed by atoms with Crippen molar-refractivity contribution in [3.8, 4) is 0 Å². The Bertz CT molecular complexity index is 671. The van der Waals surface area contributed by atoms with E-state index in [1.165, 1.54) is 29.0 Å². The van der Waals surface area contributed by atoms with E-state index in [0.29, 0.717) is 13.1 Å². The fourth-order valence-corrected chi connectivity index (χ4v) is 3.77. The number of carbonyl (C=O) groups excluding carboxylic acids is 1. The molecule has 2 rings (SSSR count). The summed E-state index contributed by atoms with van der Waals surface area (Å²) in [7, 11) is -2.25. The zero-order valence-electron chi connectivity index (χ0n) is 11.8. The highest BCUT2D eigenvalue weighted by Crippen LogP contribution is 2.20. The van der Waals surface area contributed by atoms with E-state index in [4.69, 9.17) is 5.11 Å². The number of piperazine rings is 1. The molecule has 1 fully saturated rings. The van der Waals surface area contributed by atoms with Gasteiger partial charge in [0.05, 0.1) is 0 Å². The molecule has 1 aliphatic rings. The molecule has 0 unspecified atom stereocenters. The van der Waals surface area contributed by atoms with Crippen LogP contribution in [0, 0.1) is 0 Å². The van der Waals surface area contributed by atoms with Crippen LogP contribution in [-0.2, 0) is 21.9 Å². The van der Waals surface area contributed by atoms with Crippen molar-refractivity contribution in [3.05, 3.63) is 18.0 Å². The van der Waals surface area contributed by atoms with E-state index in [1.54, 1.807) is 4.90 Å². The predicted octanol–water partition coefficient (Wildman–Crippen LogP) is -0.424. The van der Waals surface area contributed by atoms with Crippen LogP contribution in [0.5, 0.6) is 0 Å². The van der Waals surface area contributed by atoms with Gasteiger partial charge in [-0.3, -0.25) is 4.79 Å². The van der Waals surface area contributed by atoms with Crippen LogP contribution < -0.4 is 0 Å². The summed E-state index contributed by atoms with van der Waals surface area (Å²) in [4.78, 5) is 23.8. The maximum atomic E-state index is 12.5. The second-order valence-corrected chi connectivity index (χ2v) is 6.83. The van der Waals surface area contributed by atoms with Gasteiger partial charge < -0.3 is 14.6 Å². The zero-order valence-corrected chi connectivity index (χ0v) is 12.6. The van der Waals surface area contributed by atoms with E-state index >= 15 is 0 Å². The standard InChI is InChI=1S/C12H17N3O5S/c1-9(16)14-3-5-15(6-4-14)21(19,20)10-7-11(12(17)18)13(2)8-10/h7-8H,3-6H2,1-2H3,(H,17,18). The molecule has 1 N–H and O–H groups in total. The number of aromatic carboxylic acids is 1. The molecule has 1 aromatic rings. The summed E-state index contributed by atoms with van der Waals surface area (Å²) < 4.78 is 27.5. The molecule has 0 atom stereocenters. The maximum Gasteiger partial charge on any atom is 0.352 e. The topological polar surface area (TPSA) is 99.9 Å². The number of hydrogen-bond acceptors (Lipinski definition) is 4. The molecular weight excluding hydrogens is 298 g/mol. The van der Waals surface area contributed by atoms with Crippen LogP contribution in [0.15, 0.2) is 17.2 Å². The van der Waals surface area contributed by atoms with Crippen LogP contribution in [0.1, 0.15) is 17.4 Å². The van der Waals surface area contributed by atoms with Crippen molar-refractivity contribution in [1.82, 2.24) is 13.8 Å². The molecule has 21 heavy (non-hydrogen) atoms. The average molecular weight is 315 g/mol. The summed E-state index contributed by atoms with van der Waals surface area (Å²) in [5, 5.41) is 8.98. The van der Waals surface area contributed by atoms with Gasteiger partial charge in [-0.2, -0.15) is 4.31 Å².